The molecule has 0 spiro atoms. The Kier molecular flexibility index (Phi) is 3.93. The Labute approximate surface area is 113 Å². The van der Waals surface area contributed by atoms with Crippen LogP contribution in [0.3, 0.4) is 0 Å². The van der Waals surface area contributed by atoms with Gasteiger partial charge in [0.1, 0.15) is 5.82 Å². The third-order valence-electron chi connectivity index (χ3n) is 3.16. The molecule has 6 nitrogen and oxygen atoms in total. The Morgan fingerprint density at radius 3 is 2.75 bits per heavy atom. The van der Waals surface area contributed by atoms with Crippen LogP contribution in [0, 0.1) is 21.7 Å². The molecule has 1 aliphatic heterocycles. The van der Waals surface area contributed by atoms with Gasteiger partial charge in [-0.15, -0.1) is 0 Å². The summed E-state index contributed by atoms with van der Waals surface area (Å²) in [5.74, 6) is -2.61. The zero-order valence-corrected chi connectivity index (χ0v) is 10.7. The van der Waals surface area contributed by atoms with Gasteiger partial charge in [-0.05, 0) is 13.0 Å². The number of carbonyl (C=O) groups is 1. The molecule has 1 fully saturated rings. The molecule has 1 aromatic carbocycles. The molecule has 1 aliphatic rings. The summed E-state index contributed by atoms with van der Waals surface area (Å²) in [6.07, 6.45) is 0.470. The Bertz CT molecular complexity index is 565. The maximum atomic E-state index is 13.8. The van der Waals surface area contributed by atoms with E-state index < -0.39 is 28.3 Å². The average molecular weight is 285 g/mol. The van der Waals surface area contributed by atoms with E-state index in [0.29, 0.717) is 19.0 Å². The van der Waals surface area contributed by atoms with Crippen molar-refractivity contribution >= 4 is 17.3 Å². The average Bonchev–Trinajstić information content (AvgIpc) is 2.72. The molecule has 0 aliphatic carbocycles. The van der Waals surface area contributed by atoms with E-state index in [0.717, 1.165) is 11.0 Å². The molecule has 1 atom stereocenters. The van der Waals surface area contributed by atoms with Crippen LogP contribution < -0.4 is 10.2 Å². The lowest BCUT2D eigenvalue weighted by Gasteiger charge is -2.17. The minimum Gasteiger partial charge on any atom is -0.308 e. The van der Waals surface area contributed by atoms with E-state index in [1.165, 1.54) is 0 Å². The van der Waals surface area contributed by atoms with Gasteiger partial charge in [0, 0.05) is 18.7 Å². The minimum absolute atomic E-state index is 0.232. The van der Waals surface area contributed by atoms with Crippen molar-refractivity contribution in [3.05, 3.63) is 33.9 Å². The number of halogens is 2. The third kappa shape index (κ3) is 2.46. The van der Waals surface area contributed by atoms with Crippen LogP contribution in [0.25, 0.3) is 0 Å². The molecule has 1 heterocycles. The van der Waals surface area contributed by atoms with Crippen molar-refractivity contribution in [2.24, 2.45) is 0 Å². The van der Waals surface area contributed by atoms with Crippen LogP contribution >= 0.6 is 0 Å². The number of hydrogen-bond acceptors (Lipinski definition) is 4. The number of benzene rings is 1. The van der Waals surface area contributed by atoms with Crippen molar-refractivity contribution in [3.8, 4) is 0 Å². The molecule has 0 saturated carbocycles. The Balaban J connectivity index is 2.36. The van der Waals surface area contributed by atoms with Crippen LogP contribution in [0.4, 0.5) is 20.2 Å². The fourth-order valence-electron chi connectivity index (χ4n) is 2.23. The zero-order chi connectivity index (χ0) is 14.9. The molecule has 1 amide bonds. The molecule has 1 aromatic rings. The Morgan fingerprint density at radius 1 is 1.45 bits per heavy atom. The summed E-state index contributed by atoms with van der Waals surface area (Å²) >= 11 is 0. The summed E-state index contributed by atoms with van der Waals surface area (Å²) in [5, 5.41) is 13.6. The first kappa shape index (κ1) is 14.3. The second-order valence-corrected chi connectivity index (χ2v) is 4.40. The van der Waals surface area contributed by atoms with Crippen molar-refractivity contribution < 1.29 is 18.5 Å². The number of rotatable bonds is 4. The quantitative estimate of drug-likeness (QED) is 0.673. The van der Waals surface area contributed by atoms with E-state index in [1.54, 1.807) is 0 Å². The van der Waals surface area contributed by atoms with E-state index in [9.17, 15) is 23.7 Å². The fraction of sp³-hybridized carbons (Fsp3) is 0.417. The summed E-state index contributed by atoms with van der Waals surface area (Å²) in [6, 6.07) is 0.751. The smallest absolute Gasteiger partial charge is 0.307 e. The lowest BCUT2D eigenvalue weighted by atomic mass is 10.2. The van der Waals surface area contributed by atoms with Gasteiger partial charge in [0.2, 0.25) is 11.7 Å². The van der Waals surface area contributed by atoms with Crippen molar-refractivity contribution in [1.29, 1.82) is 0 Å². The van der Waals surface area contributed by atoms with Gasteiger partial charge in [-0.3, -0.25) is 14.9 Å². The number of amides is 1. The fourth-order valence-corrected chi connectivity index (χ4v) is 2.23. The summed E-state index contributed by atoms with van der Waals surface area (Å²) in [4.78, 5) is 22.9. The molecule has 1 unspecified atom stereocenters. The largest absolute Gasteiger partial charge is 0.308 e. The number of carbonyl (C=O) groups excluding carboxylic acids is 1. The van der Waals surface area contributed by atoms with Crippen LogP contribution in [0.2, 0.25) is 0 Å². The van der Waals surface area contributed by atoms with Gasteiger partial charge in [-0.2, -0.15) is 4.39 Å². The van der Waals surface area contributed by atoms with E-state index >= 15 is 0 Å². The topological polar surface area (TPSA) is 75.5 Å². The molecule has 108 valence electrons. The molecular formula is C12H13F2N3O3. The molecule has 0 bridgehead atoms. The van der Waals surface area contributed by atoms with E-state index in [2.05, 4.69) is 5.32 Å². The molecule has 1 saturated heterocycles. The van der Waals surface area contributed by atoms with Gasteiger partial charge >= 0.3 is 5.69 Å². The second kappa shape index (κ2) is 5.49. The van der Waals surface area contributed by atoms with Crippen LogP contribution in [-0.2, 0) is 4.79 Å². The number of nitro groups is 1. The summed E-state index contributed by atoms with van der Waals surface area (Å²) in [7, 11) is 0. The standard InChI is InChI=1S/C12H13F2N3O3/c1-2-15-9-3-4-16(12(9)18)10-6-11(17(19)20)8(14)5-7(10)13/h5-6,9,15H,2-4H2,1H3. The maximum absolute atomic E-state index is 13.8. The zero-order valence-electron chi connectivity index (χ0n) is 10.7. The van der Waals surface area contributed by atoms with Crippen LogP contribution in [-0.4, -0.2) is 30.0 Å². The second-order valence-electron chi connectivity index (χ2n) is 4.40. The highest BCUT2D eigenvalue weighted by molar-refractivity contribution is 5.99. The molecule has 8 heteroatoms. The van der Waals surface area contributed by atoms with Crippen molar-refractivity contribution in [1.82, 2.24) is 5.32 Å². The predicted octanol–water partition coefficient (Wildman–Crippen LogP) is 1.59. The SMILES string of the molecule is CCNC1CCN(c2cc([N+](=O)[O-])c(F)cc2F)C1=O. The van der Waals surface area contributed by atoms with E-state index in [4.69, 9.17) is 0 Å². The van der Waals surface area contributed by atoms with Gasteiger partial charge in [-0.25, -0.2) is 4.39 Å². The minimum atomic E-state index is -1.26. The molecule has 2 rings (SSSR count). The molecule has 0 radical (unpaired) electrons. The van der Waals surface area contributed by atoms with Crippen molar-refractivity contribution in [2.45, 2.75) is 19.4 Å². The van der Waals surface area contributed by atoms with Crippen molar-refractivity contribution in [2.75, 3.05) is 18.0 Å². The molecular weight excluding hydrogens is 272 g/mol. The third-order valence-corrected chi connectivity index (χ3v) is 3.16. The van der Waals surface area contributed by atoms with Gasteiger partial charge in [0.15, 0.2) is 0 Å². The first-order valence-electron chi connectivity index (χ1n) is 6.14. The highest BCUT2D eigenvalue weighted by atomic mass is 19.1. The number of nitrogens with one attached hydrogen (secondary N) is 1. The number of hydrogen-bond donors (Lipinski definition) is 1. The summed E-state index contributed by atoms with van der Waals surface area (Å²) in [6.45, 7) is 2.64. The Morgan fingerprint density at radius 2 is 2.15 bits per heavy atom. The van der Waals surface area contributed by atoms with Crippen LogP contribution in [0.5, 0.6) is 0 Å². The van der Waals surface area contributed by atoms with Crippen molar-refractivity contribution in [3.63, 3.8) is 0 Å². The summed E-state index contributed by atoms with van der Waals surface area (Å²) < 4.78 is 27.0. The summed E-state index contributed by atoms with van der Waals surface area (Å²) in [5.41, 5.74) is -1.11. The lowest BCUT2D eigenvalue weighted by Crippen LogP contribution is -2.38. The van der Waals surface area contributed by atoms with Gasteiger partial charge < -0.3 is 10.2 Å². The highest BCUT2D eigenvalue weighted by Gasteiger charge is 2.34. The number of nitrogens with zero attached hydrogens (tertiary/aromatic N) is 2. The maximum Gasteiger partial charge on any atom is 0.307 e. The lowest BCUT2D eigenvalue weighted by molar-refractivity contribution is -0.387. The molecule has 0 aromatic heterocycles. The van der Waals surface area contributed by atoms with E-state index in [-0.39, 0.29) is 18.1 Å². The van der Waals surface area contributed by atoms with E-state index in [1.807, 2.05) is 6.92 Å². The highest BCUT2D eigenvalue weighted by Crippen LogP contribution is 2.30. The monoisotopic (exact) mass is 285 g/mol. The molecule has 1 N–H and O–H groups in total. The molecule has 20 heavy (non-hydrogen) atoms. The van der Waals surface area contributed by atoms with Crippen LogP contribution in [0.1, 0.15) is 13.3 Å². The Hall–Kier alpha value is -2.09. The van der Waals surface area contributed by atoms with Gasteiger partial charge in [0.25, 0.3) is 0 Å². The first-order valence-corrected chi connectivity index (χ1v) is 6.14. The number of nitro benzene ring substituents is 1. The number of anilines is 1. The predicted molar refractivity (Wildman–Crippen MR) is 67.4 cm³/mol. The van der Waals surface area contributed by atoms with Gasteiger partial charge in [0.05, 0.1) is 16.7 Å². The van der Waals surface area contributed by atoms with Crippen LogP contribution in [0.15, 0.2) is 12.1 Å². The first-order chi connectivity index (χ1) is 9.45. The van der Waals surface area contributed by atoms with Gasteiger partial charge in [-0.1, -0.05) is 6.92 Å². The number of likely N-dealkylation sites (N-methyl/N-ethyl adjacent to an activating group) is 1. The normalized spacial score (nSPS) is 18.6.